The van der Waals surface area contributed by atoms with E-state index < -0.39 is 0 Å². The Morgan fingerprint density at radius 1 is 1.62 bits per heavy atom. The maximum Gasteiger partial charge on any atom is 0.310 e. The fourth-order valence-corrected chi connectivity index (χ4v) is 2.51. The van der Waals surface area contributed by atoms with Gasteiger partial charge in [-0.3, -0.25) is 9.69 Å². The summed E-state index contributed by atoms with van der Waals surface area (Å²) >= 11 is 0. The summed E-state index contributed by atoms with van der Waals surface area (Å²) in [5, 5.41) is 9.41. The van der Waals surface area contributed by atoms with Gasteiger partial charge in [-0.15, -0.1) is 0 Å². The van der Waals surface area contributed by atoms with Crippen LogP contribution in [0, 0.1) is 5.92 Å². The van der Waals surface area contributed by atoms with Crippen LogP contribution < -0.4 is 0 Å². The molecular formula is C9H15NO3. The third kappa shape index (κ3) is 1.44. The Morgan fingerprint density at radius 2 is 2.38 bits per heavy atom. The standard InChI is InChI=1S/C9H15NO3/c1-13-9(12)7-2-3-10-5-6(11)4-8(7)10/h6-8,11H,2-5H2,1H3/t6-,7?,8+/m0/s1. The second-order valence-corrected chi connectivity index (χ2v) is 3.87. The maximum atomic E-state index is 11.3. The third-order valence-corrected chi connectivity index (χ3v) is 3.12. The zero-order chi connectivity index (χ0) is 9.42. The third-order valence-electron chi connectivity index (χ3n) is 3.12. The molecular weight excluding hydrogens is 170 g/mol. The molecule has 2 fully saturated rings. The smallest absolute Gasteiger partial charge is 0.310 e. The second-order valence-electron chi connectivity index (χ2n) is 3.87. The van der Waals surface area contributed by atoms with E-state index in [0.29, 0.717) is 0 Å². The van der Waals surface area contributed by atoms with Crippen LogP contribution in [0.15, 0.2) is 0 Å². The number of hydrogen-bond donors (Lipinski definition) is 1. The Kier molecular flexibility index (Phi) is 2.26. The SMILES string of the molecule is COC(=O)C1CCN2C[C@@H](O)C[C@H]12. The Labute approximate surface area is 77.5 Å². The number of rotatable bonds is 1. The van der Waals surface area contributed by atoms with Crippen LogP contribution in [0.2, 0.25) is 0 Å². The molecule has 0 saturated carbocycles. The summed E-state index contributed by atoms with van der Waals surface area (Å²) in [6.45, 7) is 1.64. The molecule has 3 atom stereocenters. The van der Waals surface area contributed by atoms with Gasteiger partial charge in [0.15, 0.2) is 0 Å². The van der Waals surface area contributed by atoms with E-state index in [1.54, 1.807) is 0 Å². The van der Waals surface area contributed by atoms with Crippen LogP contribution in [-0.4, -0.2) is 48.3 Å². The Balaban J connectivity index is 2.04. The van der Waals surface area contributed by atoms with Crippen molar-refractivity contribution >= 4 is 5.97 Å². The monoisotopic (exact) mass is 185 g/mol. The van der Waals surface area contributed by atoms with Crippen molar-refractivity contribution in [3.05, 3.63) is 0 Å². The zero-order valence-electron chi connectivity index (χ0n) is 7.77. The topological polar surface area (TPSA) is 49.8 Å². The van der Waals surface area contributed by atoms with Crippen molar-refractivity contribution < 1.29 is 14.6 Å². The number of hydrogen-bond acceptors (Lipinski definition) is 4. The molecule has 2 heterocycles. The molecule has 0 aromatic carbocycles. The molecule has 2 saturated heterocycles. The van der Waals surface area contributed by atoms with Gasteiger partial charge in [-0.05, 0) is 19.4 Å². The van der Waals surface area contributed by atoms with Crippen LogP contribution in [0.5, 0.6) is 0 Å². The molecule has 0 aliphatic carbocycles. The number of ether oxygens (including phenoxy) is 1. The molecule has 0 radical (unpaired) electrons. The molecule has 2 aliphatic rings. The van der Waals surface area contributed by atoms with Gasteiger partial charge in [0, 0.05) is 12.6 Å². The van der Waals surface area contributed by atoms with E-state index >= 15 is 0 Å². The number of esters is 1. The fourth-order valence-electron chi connectivity index (χ4n) is 2.51. The predicted molar refractivity (Wildman–Crippen MR) is 46.1 cm³/mol. The summed E-state index contributed by atoms with van der Waals surface area (Å²) < 4.78 is 4.73. The molecule has 1 N–H and O–H groups in total. The number of carbonyl (C=O) groups excluding carboxylic acids is 1. The highest BCUT2D eigenvalue weighted by atomic mass is 16.5. The second kappa shape index (κ2) is 3.27. The average Bonchev–Trinajstić information content (AvgIpc) is 2.61. The molecule has 0 aromatic heterocycles. The van der Waals surface area contributed by atoms with E-state index in [-0.39, 0.29) is 24.0 Å². The van der Waals surface area contributed by atoms with Crippen LogP contribution in [0.4, 0.5) is 0 Å². The highest BCUT2D eigenvalue weighted by molar-refractivity contribution is 5.73. The first-order valence-corrected chi connectivity index (χ1v) is 4.72. The van der Waals surface area contributed by atoms with Crippen molar-refractivity contribution in [2.75, 3.05) is 20.2 Å². The van der Waals surface area contributed by atoms with E-state index in [2.05, 4.69) is 4.90 Å². The number of methoxy groups -OCH3 is 1. The van der Waals surface area contributed by atoms with Gasteiger partial charge < -0.3 is 9.84 Å². The first kappa shape index (κ1) is 8.97. The van der Waals surface area contributed by atoms with Gasteiger partial charge in [-0.2, -0.15) is 0 Å². The number of aliphatic hydroxyl groups excluding tert-OH is 1. The van der Waals surface area contributed by atoms with Gasteiger partial charge in [0.1, 0.15) is 0 Å². The van der Waals surface area contributed by atoms with Gasteiger partial charge in [0.2, 0.25) is 0 Å². The highest BCUT2D eigenvalue weighted by Gasteiger charge is 2.44. The lowest BCUT2D eigenvalue weighted by molar-refractivity contribution is -0.146. The molecule has 0 bridgehead atoms. The molecule has 0 amide bonds. The largest absolute Gasteiger partial charge is 0.469 e. The molecule has 4 nitrogen and oxygen atoms in total. The van der Waals surface area contributed by atoms with Crippen molar-refractivity contribution in [2.45, 2.75) is 25.0 Å². The van der Waals surface area contributed by atoms with Crippen molar-refractivity contribution in [2.24, 2.45) is 5.92 Å². The lowest BCUT2D eigenvalue weighted by Crippen LogP contribution is -2.30. The first-order chi connectivity index (χ1) is 6.22. The summed E-state index contributed by atoms with van der Waals surface area (Å²) in [4.78, 5) is 13.5. The van der Waals surface area contributed by atoms with E-state index in [1.807, 2.05) is 0 Å². The van der Waals surface area contributed by atoms with Crippen molar-refractivity contribution in [1.29, 1.82) is 0 Å². The van der Waals surface area contributed by atoms with E-state index in [9.17, 15) is 9.90 Å². The summed E-state index contributed by atoms with van der Waals surface area (Å²) in [5.74, 6) is -0.135. The molecule has 4 heteroatoms. The van der Waals surface area contributed by atoms with Crippen LogP contribution in [0.1, 0.15) is 12.8 Å². The minimum atomic E-state index is -0.252. The maximum absolute atomic E-state index is 11.3. The molecule has 13 heavy (non-hydrogen) atoms. The molecule has 74 valence electrons. The Bertz CT molecular complexity index is 219. The van der Waals surface area contributed by atoms with Gasteiger partial charge in [-0.25, -0.2) is 0 Å². The molecule has 0 aromatic rings. The number of fused-ring (bicyclic) bond motifs is 1. The van der Waals surface area contributed by atoms with Gasteiger partial charge >= 0.3 is 5.97 Å². The number of aliphatic hydroxyl groups is 1. The van der Waals surface area contributed by atoms with Crippen molar-refractivity contribution in [1.82, 2.24) is 4.90 Å². The van der Waals surface area contributed by atoms with Crippen molar-refractivity contribution in [3.8, 4) is 0 Å². The molecule has 2 aliphatic heterocycles. The molecule has 2 rings (SSSR count). The summed E-state index contributed by atoms with van der Waals surface area (Å²) in [7, 11) is 1.43. The molecule has 1 unspecified atom stereocenters. The van der Waals surface area contributed by atoms with E-state index in [1.165, 1.54) is 7.11 Å². The highest BCUT2D eigenvalue weighted by Crippen LogP contribution is 2.33. The van der Waals surface area contributed by atoms with Gasteiger partial charge in [0.05, 0.1) is 19.1 Å². The van der Waals surface area contributed by atoms with E-state index in [0.717, 1.165) is 25.9 Å². The number of nitrogens with zero attached hydrogens (tertiary/aromatic N) is 1. The van der Waals surface area contributed by atoms with Crippen LogP contribution in [-0.2, 0) is 9.53 Å². The zero-order valence-corrected chi connectivity index (χ0v) is 7.77. The molecule has 0 spiro atoms. The Hall–Kier alpha value is -0.610. The fraction of sp³-hybridized carbons (Fsp3) is 0.889. The normalized spacial score (nSPS) is 39.1. The lowest BCUT2D eigenvalue weighted by Gasteiger charge is -2.17. The predicted octanol–water partition coefficient (Wildman–Crippen LogP) is -0.386. The summed E-state index contributed by atoms with van der Waals surface area (Å²) in [6.07, 6.45) is 1.35. The van der Waals surface area contributed by atoms with Gasteiger partial charge in [-0.1, -0.05) is 0 Å². The van der Waals surface area contributed by atoms with Gasteiger partial charge in [0.25, 0.3) is 0 Å². The summed E-state index contributed by atoms with van der Waals surface area (Å²) in [6, 6.07) is 0.224. The van der Waals surface area contributed by atoms with E-state index in [4.69, 9.17) is 4.74 Å². The number of carbonyl (C=O) groups is 1. The first-order valence-electron chi connectivity index (χ1n) is 4.72. The van der Waals surface area contributed by atoms with Crippen LogP contribution in [0.3, 0.4) is 0 Å². The lowest BCUT2D eigenvalue weighted by atomic mass is 9.98. The minimum absolute atomic E-state index is 0.0119. The average molecular weight is 185 g/mol. The quantitative estimate of drug-likeness (QED) is 0.565. The minimum Gasteiger partial charge on any atom is -0.469 e. The Morgan fingerprint density at radius 3 is 3.08 bits per heavy atom. The summed E-state index contributed by atoms with van der Waals surface area (Å²) in [5.41, 5.74) is 0. The van der Waals surface area contributed by atoms with Crippen LogP contribution >= 0.6 is 0 Å². The van der Waals surface area contributed by atoms with Crippen molar-refractivity contribution in [3.63, 3.8) is 0 Å². The van der Waals surface area contributed by atoms with Crippen LogP contribution in [0.25, 0.3) is 0 Å².